The van der Waals surface area contributed by atoms with Gasteiger partial charge in [-0.1, -0.05) is 6.07 Å². The minimum Gasteiger partial charge on any atom is -0.486 e. The summed E-state index contributed by atoms with van der Waals surface area (Å²) in [5.41, 5.74) is 1.23. The second-order valence-electron chi connectivity index (χ2n) is 7.41. The number of hydrogen-bond donors (Lipinski definition) is 1. The van der Waals surface area contributed by atoms with Crippen molar-refractivity contribution in [3.63, 3.8) is 0 Å². The van der Waals surface area contributed by atoms with E-state index in [0.29, 0.717) is 48.1 Å². The molecule has 0 saturated carbocycles. The monoisotopic (exact) mass is 474 g/mol. The average Bonchev–Trinajstić information content (AvgIpc) is 3.30. The number of rotatable bonds is 5. The third-order valence-electron chi connectivity index (χ3n) is 5.31. The van der Waals surface area contributed by atoms with Crippen molar-refractivity contribution in [2.45, 2.75) is 24.3 Å². The van der Waals surface area contributed by atoms with E-state index in [1.165, 1.54) is 21.7 Å². The summed E-state index contributed by atoms with van der Waals surface area (Å²) >= 11 is 1.41. The Labute approximate surface area is 188 Å². The highest BCUT2D eigenvalue weighted by Gasteiger charge is 2.31. The molecule has 1 amide bonds. The van der Waals surface area contributed by atoms with Gasteiger partial charge in [-0.3, -0.25) is 9.10 Å². The first-order valence-corrected chi connectivity index (χ1v) is 12.3. The van der Waals surface area contributed by atoms with E-state index in [9.17, 15) is 13.2 Å². The molecule has 2 aliphatic heterocycles. The summed E-state index contributed by atoms with van der Waals surface area (Å²) in [7, 11) is -4.28. The summed E-state index contributed by atoms with van der Waals surface area (Å²) < 4.78 is 54.8. The van der Waals surface area contributed by atoms with Gasteiger partial charge in [0.15, 0.2) is 11.5 Å². The summed E-state index contributed by atoms with van der Waals surface area (Å²) in [6.45, 7) is 0.812. The van der Waals surface area contributed by atoms with E-state index in [-0.39, 0.29) is 18.9 Å². The lowest BCUT2D eigenvalue weighted by Crippen LogP contribution is -2.31. The van der Waals surface area contributed by atoms with Gasteiger partial charge in [-0.05, 0) is 47.7 Å². The van der Waals surface area contributed by atoms with Crippen LogP contribution in [0.4, 0.5) is 15.8 Å². The van der Waals surface area contributed by atoms with Gasteiger partial charge in [0.1, 0.15) is 23.9 Å². The Bertz CT molecular complexity index is 1290. The standard InChI is InChI=1S/C22H19FN2O5S2/c23-17-12-18-14(3-6-22(26)24-18)10-21(17)32(27,28)25(13-16-2-1-9-31-16)15-4-5-19-20(11-15)30-8-7-29-19/h1-2,4-5,9-12H,3,6-8,13H2,(H,24,26). The summed E-state index contributed by atoms with van der Waals surface area (Å²) in [6.07, 6.45) is 0.568. The number of anilines is 2. The quantitative estimate of drug-likeness (QED) is 0.606. The molecule has 5 rings (SSSR count). The van der Waals surface area contributed by atoms with E-state index in [1.807, 2.05) is 17.5 Å². The number of carbonyl (C=O) groups is 1. The van der Waals surface area contributed by atoms with Gasteiger partial charge in [0.2, 0.25) is 5.91 Å². The number of nitrogens with one attached hydrogen (secondary N) is 1. The molecule has 0 fully saturated rings. The van der Waals surface area contributed by atoms with Crippen LogP contribution in [0.3, 0.4) is 0 Å². The minimum absolute atomic E-state index is 0.0346. The van der Waals surface area contributed by atoms with Gasteiger partial charge in [0.25, 0.3) is 10.0 Å². The Kier molecular flexibility index (Phi) is 5.26. The first-order chi connectivity index (χ1) is 15.4. The molecule has 0 spiro atoms. The van der Waals surface area contributed by atoms with Crippen LogP contribution in [-0.2, 0) is 27.8 Å². The molecule has 0 radical (unpaired) electrons. The third kappa shape index (κ3) is 3.80. The zero-order valence-electron chi connectivity index (χ0n) is 16.8. The maximum atomic E-state index is 15.0. The zero-order chi connectivity index (χ0) is 22.3. The summed E-state index contributed by atoms with van der Waals surface area (Å²) in [5, 5.41) is 4.45. The van der Waals surface area contributed by atoms with E-state index >= 15 is 4.39 Å². The molecule has 3 aromatic rings. The molecule has 3 heterocycles. The Morgan fingerprint density at radius 1 is 1.06 bits per heavy atom. The van der Waals surface area contributed by atoms with Crippen molar-refractivity contribution < 1.29 is 27.1 Å². The Balaban J connectivity index is 1.60. The second-order valence-corrected chi connectivity index (χ2v) is 10.3. The number of benzene rings is 2. The minimum atomic E-state index is -4.28. The number of ether oxygens (including phenoxy) is 2. The van der Waals surface area contributed by atoms with Crippen LogP contribution in [0.1, 0.15) is 16.9 Å². The summed E-state index contributed by atoms with van der Waals surface area (Å²) in [4.78, 5) is 12.0. The summed E-state index contributed by atoms with van der Waals surface area (Å²) in [6, 6.07) is 10.9. The topological polar surface area (TPSA) is 84.9 Å². The van der Waals surface area contributed by atoms with Crippen LogP contribution in [0.15, 0.2) is 52.7 Å². The molecule has 1 aromatic heterocycles. The predicted octanol–water partition coefficient (Wildman–Crippen LogP) is 3.94. The lowest BCUT2D eigenvalue weighted by molar-refractivity contribution is -0.116. The van der Waals surface area contributed by atoms with Gasteiger partial charge in [0.05, 0.1) is 12.2 Å². The number of halogens is 1. The van der Waals surface area contributed by atoms with Crippen molar-refractivity contribution in [1.82, 2.24) is 0 Å². The highest BCUT2D eigenvalue weighted by Crippen LogP contribution is 2.38. The first kappa shape index (κ1) is 20.8. The van der Waals surface area contributed by atoms with E-state index < -0.39 is 20.7 Å². The number of fused-ring (bicyclic) bond motifs is 2. The Hall–Kier alpha value is -3.11. The number of nitrogens with zero attached hydrogens (tertiary/aromatic N) is 1. The van der Waals surface area contributed by atoms with Gasteiger partial charge < -0.3 is 14.8 Å². The van der Waals surface area contributed by atoms with Gasteiger partial charge >= 0.3 is 0 Å². The molecular formula is C22H19FN2O5S2. The zero-order valence-corrected chi connectivity index (χ0v) is 18.5. The van der Waals surface area contributed by atoms with Gasteiger partial charge in [0, 0.05) is 23.1 Å². The number of aryl methyl sites for hydroxylation is 1. The number of thiophene rings is 1. The van der Waals surface area contributed by atoms with E-state index in [2.05, 4.69) is 5.32 Å². The SMILES string of the molecule is O=C1CCc2cc(S(=O)(=O)N(Cc3cccs3)c3ccc4c(c3)OCCO4)c(F)cc2N1. The number of hydrogen-bond acceptors (Lipinski definition) is 6. The fourth-order valence-corrected chi connectivity index (χ4v) is 6.05. The van der Waals surface area contributed by atoms with Crippen molar-refractivity contribution in [3.05, 3.63) is 64.1 Å². The van der Waals surface area contributed by atoms with E-state index in [1.54, 1.807) is 18.2 Å². The fraction of sp³-hybridized carbons (Fsp3) is 0.227. The molecule has 2 aliphatic rings. The van der Waals surface area contributed by atoms with Crippen LogP contribution in [0.25, 0.3) is 0 Å². The largest absolute Gasteiger partial charge is 0.486 e. The van der Waals surface area contributed by atoms with Crippen molar-refractivity contribution in [1.29, 1.82) is 0 Å². The van der Waals surface area contributed by atoms with Crippen molar-refractivity contribution >= 4 is 38.6 Å². The predicted molar refractivity (Wildman–Crippen MR) is 118 cm³/mol. The number of sulfonamides is 1. The maximum absolute atomic E-state index is 15.0. The molecule has 0 atom stereocenters. The Morgan fingerprint density at radius 2 is 1.88 bits per heavy atom. The van der Waals surface area contributed by atoms with Crippen LogP contribution in [-0.4, -0.2) is 27.5 Å². The molecule has 0 aliphatic carbocycles. The molecule has 166 valence electrons. The van der Waals surface area contributed by atoms with Crippen LogP contribution < -0.4 is 19.1 Å². The van der Waals surface area contributed by atoms with Crippen molar-refractivity contribution in [2.24, 2.45) is 0 Å². The maximum Gasteiger partial charge on any atom is 0.267 e. The van der Waals surface area contributed by atoms with Crippen LogP contribution in [0, 0.1) is 5.82 Å². The Morgan fingerprint density at radius 3 is 2.66 bits per heavy atom. The van der Waals surface area contributed by atoms with E-state index in [4.69, 9.17) is 9.47 Å². The number of carbonyl (C=O) groups excluding carboxylic acids is 1. The van der Waals surface area contributed by atoms with Crippen LogP contribution in [0.5, 0.6) is 11.5 Å². The summed E-state index contributed by atoms with van der Waals surface area (Å²) in [5.74, 6) is -0.166. The first-order valence-electron chi connectivity index (χ1n) is 9.99. The number of amides is 1. The van der Waals surface area contributed by atoms with Crippen molar-refractivity contribution in [3.8, 4) is 11.5 Å². The molecule has 1 N–H and O–H groups in total. The smallest absolute Gasteiger partial charge is 0.267 e. The molecule has 10 heteroatoms. The molecule has 0 unspecified atom stereocenters. The van der Waals surface area contributed by atoms with Crippen LogP contribution in [0.2, 0.25) is 0 Å². The van der Waals surface area contributed by atoms with E-state index in [0.717, 1.165) is 10.9 Å². The van der Waals surface area contributed by atoms with Gasteiger partial charge in [-0.25, -0.2) is 12.8 Å². The third-order valence-corrected chi connectivity index (χ3v) is 7.96. The molecule has 32 heavy (non-hydrogen) atoms. The lowest BCUT2D eigenvalue weighted by Gasteiger charge is -2.27. The highest BCUT2D eigenvalue weighted by molar-refractivity contribution is 7.92. The van der Waals surface area contributed by atoms with Crippen LogP contribution >= 0.6 is 11.3 Å². The molecule has 2 aromatic carbocycles. The highest BCUT2D eigenvalue weighted by atomic mass is 32.2. The second kappa shape index (κ2) is 8.10. The molecule has 0 saturated heterocycles. The normalized spacial score (nSPS) is 15.1. The van der Waals surface area contributed by atoms with Gasteiger partial charge in [-0.2, -0.15) is 0 Å². The average molecular weight is 475 g/mol. The molecular weight excluding hydrogens is 455 g/mol. The van der Waals surface area contributed by atoms with Crippen molar-refractivity contribution in [2.75, 3.05) is 22.8 Å². The lowest BCUT2D eigenvalue weighted by atomic mass is 10.0. The fourth-order valence-electron chi connectivity index (χ4n) is 3.74. The molecule has 7 nitrogen and oxygen atoms in total. The van der Waals surface area contributed by atoms with Gasteiger partial charge in [-0.15, -0.1) is 11.3 Å². The molecule has 0 bridgehead atoms.